The molecule has 0 amide bonds. The van der Waals surface area contributed by atoms with Gasteiger partial charge in [0.05, 0.1) is 17.6 Å². The number of rotatable bonds is 2. The molecule has 1 aromatic heterocycles. The van der Waals surface area contributed by atoms with Gasteiger partial charge < -0.3 is 14.6 Å². The Morgan fingerprint density at radius 2 is 2.05 bits per heavy atom. The maximum absolute atomic E-state index is 5.57. The van der Waals surface area contributed by atoms with Gasteiger partial charge in [0, 0.05) is 38.4 Å². The normalized spacial score (nSPS) is 25.9. The van der Waals surface area contributed by atoms with E-state index in [1.165, 1.54) is 50.0 Å². The molecule has 0 bridgehead atoms. The lowest BCUT2D eigenvalue weighted by atomic mass is 9.82. The SMILES string of the molecule is c1nc2c(n1CC1CCCCC1)CCNC21CCOCC1. The number of fused-ring (bicyclic) bond motifs is 2. The van der Waals surface area contributed by atoms with Gasteiger partial charge in [-0.05, 0) is 31.6 Å². The summed E-state index contributed by atoms with van der Waals surface area (Å²) in [6, 6.07) is 0. The van der Waals surface area contributed by atoms with Gasteiger partial charge in [-0.15, -0.1) is 0 Å². The van der Waals surface area contributed by atoms with Gasteiger partial charge in [-0.1, -0.05) is 19.3 Å². The summed E-state index contributed by atoms with van der Waals surface area (Å²) in [6.45, 7) is 4.00. The number of ether oxygens (including phenoxy) is 1. The summed E-state index contributed by atoms with van der Waals surface area (Å²) in [5.74, 6) is 0.873. The predicted octanol–water partition coefficient (Wildman–Crippen LogP) is 2.61. The summed E-state index contributed by atoms with van der Waals surface area (Å²) in [5.41, 5.74) is 2.93. The molecule has 0 atom stereocenters. The number of nitrogens with one attached hydrogen (secondary N) is 1. The van der Waals surface area contributed by atoms with E-state index in [1.807, 2.05) is 0 Å². The smallest absolute Gasteiger partial charge is 0.0952 e. The van der Waals surface area contributed by atoms with E-state index >= 15 is 0 Å². The third kappa shape index (κ3) is 2.53. The lowest BCUT2D eigenvalue weighted by Crippen LogP contribution is -2.51. The van der Waals surface area contributed by atoms with E-state index in [9.17, 15) is 0 Å². The first-order valence-electron chi connectivity index (χ1n) is 8.75. The van der Waals surface area contributed by atoms with Crippen molar-refractivity contribution < 1.29 is 4.74 Å². The molecule has 1 saturated heterocycles. The van der Waals surface area contributed by atoms with Gasteiger partial charge in [0.1, 0.15) is 0 Å². The van der Waals surface area contributed by atoms with Crippen molar-refractivity contribution in [1.82, 2.24) is 14.9 Å². The van der Waals surface area contributed by atoms with E-state index in [1.54, 1.807) is 0 Å². The minimum absolute atomic E-state index is 0.101. The molecule has 2 aliphatic heterocycles. The lowest BCUT2D eigenvalue weighted by molar-refractivity contribution is 0.0322. The van der Waals surface area contributed by atoms with Crippen LogP contribution >= 0.6 is 0 Å². The van der Waals surface area contributed by atoms with Crippen LogP contribution in [0, 0.1) is 5.92 Å². The molecular weight excluding hydrogens is 262 g/mol. The van der Waals surface area contributed by atoms with Crippen LogP contribution in [0.1, 0.15) is 56.3 Å². The Labute approximate surface area is 127 Å². The van der Waals surface area contributed by atoms with Crippen molar-refractivity contribution in [3.05, 3.63) is 17.7 Å². The van der Waals surface area contributed by atoms with E-state index in [0.29, 0.717) is 0 Å². The summed E-state index contributed by atoms with van der Waals surface area (Å²) >= 11 is 0. The van der Waals surface area contributed by atoms with Crippen LogP contribution in [0.3, 0.4) is 0 Å². The molecule has 0 unspecified atom stereocenters. The molecule has 1 saturated carbocycles. The molecular formula is C17H27N3O. The van der Waals surface area contributed by atoms with Crippen LogP contribution in [0.15, 0.2) is 6.33 Å². The van der Waals surface area contributed by atoms with E-state index < -0.39 is 0 Å². The van der Waals surface area contributed by atoms with Gasteiger partial charge in [-0.25, -0.2) is 4.98 Å². The van der Waals surface area contributed by atoms with Gasteiger partial charge in [-0.2, -0.15) is 0 Å². The Bertz CT molecular complexity index is 484. The lowest BCUT2D eigenvalue weighted by Gasteiger charge is -2.40. The van der Waals surface area contributed by atoms with E-state index in [4.69, 9.17) is 9.72 Å². The zero-order valence-electron chi connectivity index (χ0n) is 12.9. The zero-order chi connectivity index (χ0) is 14.1. The van der Waals surface area contributed by atoms with Gasteiger partial charge in [-0.3, -0.25) is 0 Å². The van der Waals surface area contributed by atoms with Crippen molar-refractivity contribution in [2.45, 2.75) is 63.5 Å². The Hall–Kier alpha value is -0.870. The van der Waals surface area contributed by atoms with Crippen molar-refractivity contribution >= 4 is 0 Å². The monoisotopic (exact) mass is 289 g/mol. The number of hydrogen-bond donors (Lipinski definition) is 1. The first-order valence-corrected chi connectivity index (χ1v) is 8.75. The molecule has 0 radical (unpaired) electrons. The molecule has 3 aliphatic rings. The second kappa shape index (κ2) is 5.73. The fraction of sp³-hybridized carbons (Fsp3) is 0.824. The average Bonchev–Trinajstić information content (AvgIpc) is 2.94. The molecule has 1 aliphatic carbocycles. The van der Waals surface area contributed by atoms with Crippen LogP contribution in [-0.4, -0.2) is 29.3 Å². The zero-order valence-corrected chi connectivity index (χ0v) is 12.9. The number of nitrogens with zero attached hydrogens (tertiary/aromatic N) is 2. The third-order valence-corrected chi connectivity index (χ3v) is 5.75. The van der Waals surface area contributed by atoms with E-state index in [-0.39, 0.29) is 5.54 Å². The third-order valence-electron chi connectivity index (χ3n) is 5.75. The van der Waals surface area contributed by atoms with Crippen molar-refractivity contribution in [2.24, 2.45) is 5.92 Å². The van der Waals surface area contributed by atoms with Crippen molar-refractivity contribution in [1.29, 1.82) is 0 Å². The first-order chi connectivity index (χ1) is 10.4. The van der Waals surface area contributed by atoms with Crippen LogP contribution in [0.5, 0.6) is 0 Å². The van der Waals surface area contributed by atoms with Crippen LogP contribution in [0.25, 0.3) is 0 Å². The highest BCUT2D eigenvalue weighted by atomic mass is 16.5. The molecule has 1 N–H and O–H groups in total. The quantitative estimate of drug-likeness (QED) is 0.909. The maximum Gasteiger partial charge on any atom is 0.0952 e. The molecule has 21 heavy (non-hydrogen) atoms. The maximum atomic E-state index is 5.57. The fourth-order valence-corrected chi connectivity index (χ4v) is 4.51. The first kappa shape index (κ1) is 13.8. The molecule has 4 heteroatoms. The second-order valence-electron chi connectivity index (χ2n) is 7.07. The topological polar surface area (TPSA) is 39.1 Å². The van der Waals surface area contributed by atoms with Crippen molar-refractivity contribution in [2.75, 3.05) is 19.8 Å². The number of imidazole rings is 1. The summed E-state index contributed by atoms with van der Waals surface area (Å²) < 4.78 is 8.04. The minimum atomic E-state index is 0.101. The molecule has 0 aromatic carbocycles. The van der Waals surface area contributed by atoms with Gasteiger partial charge in [0.15, 0.2) is 0 Å². The highest BCUT2D eigenvalue weighted by Gasteiger charge is 2.40. The largest absolute Gasteiger partial charge is 0.381 e. The number of hydrogen-bond acceptors (Lipinski definition) is 3. The summed E-state index contributed by atoms with van der Waals surface area (Å²) in [5, 5.41) is 3.75. The van der Waals surface area contributed by atoms with Crippen LogP contribution < -0.4 is 5.32 Å². The van der Waals surface area contributed by atoms with Crippen LogP contribution in [0.2, 0.25) is 0 Å². The Morgan fingerprint density at radius 1 is 1.24 bits per heavy atom. The summed E-state index contributed by atoms with van der Waals surface area (Å²) in [6.07, 6.45) is 12.5. The number of aromatic nitrogens is 2. The summed E-state index contributed by atoms with van der Waals surface area (Å²) in [7, 11) is 0. The van der Waals surface area contributed by atoms with E-state index in [0.717, 1.165) is 44.9 Å². The van der Waals surface area contributed by atoms with Crippen molar-refractivity contribution in [3.8, 4) is 0 Å². The highest BCUT2D eigenvalue weighted by Crippen LogP contribution is 2.36. The van der Waals surface area contributed by atoms with Gasteiger partial charge in [0.25, 0.3) is 0 Å². The Kier molecular flexibility index (Phi) is 3.76. The summed E-state index contributed by atoms with van der Waals surface area (Å²) in [4.78, 5) is 4.84. The predicted molar refractivity (Wildman–Crippen MR) is 82.2 cm³/mol. The van der Waals surface area contributed by atoms with Gasteiger partial charge >= 0.3 is 0 Å². The molecule has 4 nitrogen and oxygen atoms in total. The standard InChI is InChI=1S/C17H27N3O/c1-2-4-14(5-3-1)12-20-13-18-16-15(20)6-9-19-17(16)7-10-21-11-8-17/h13-14,19H,1-12H2. The second-order valence-corrected chi connectivity index (χ2v) is 7.07. The Balaban J connectivity index is 1.57. The molecule has 116 valence electrons. The van der Waals surface area contributed by atoms with Gasteiger partial charge in [0.2, 0.25) is 0 Å². The Morgan fingerprint density at radius 3 is 2.86 bits per heavy atom. The highest BCUT2D eigenvalue weighted by molar-refractivity contribution is 5.27. The average molecular weight is 289 g/mol. The van der Waals surface area contributed by atoms with Crippen LogP contribution in [-0.2, 0) is 23.2 Å². The molecule has 1 aromatic rings. The molecule has 3 heterocycles. The van der Waals surface area contributed by atoms with Crippen molar-refractivity contribution in [3.63, 3.8) is 0 Å². The minimum Gasteiger partial charge on any atom is -0.381 e. The van der Waals surface area contributed by atoms with E-state index in [2.05, 4.69) is 16.2 Å². The molecule has 2 fully saturated rings. The molecule has 1 spiro atoms. The van der Waals surface area contributed by atoms with Crippen LogP contribution in [0.4, 0.5) is 0 Å². The molecule has 4 rings (SSSR count). The fourth-order valence-electron chi connectivity index (χ4n) is 4.51.